The molecule has 0 unspecified atom stereocenters. The highest BCUT2D eigenvalue weighted by atomic mass is 35.5. The van der Waals surface area contributed by atoms with Crippen LogP contribution in [-0.2, 0) is 6.54 Å². The van der Waals surface area contributed by atoms with Crippen molar-refractivity contribution >= 4 is 35.2 Å². The van der Waals surface area contributed by atoms with Crippen molar-refractivity contribution in [3.63, 3.8) is 0 Å². The maximum absolute atomic E-state index is 12.9. The van der Waals surface area contributed by atoms with E-state index in [1.54, 1.807) is 30.3 Å². The number of carbonyl (C=O) groups is 1. The number of non-ortho nitro benzene ring substituents is 1. The van der Waals surface area contributed by atoms with Gasteiger partial charge in [0.1, 0.15) is 0 Å². The van der Waals surface area contributed by atoms with Crippen LogP contribution in [0.3, 0.4) is 0 Å². The fraction of sp³-hybridized carbons (Fsp3) is 0.0455. The monoisotopic (exact) mass is 449 g/mol. The fourth-order valence-electron chi connectivity index (χ4n) is 2.89. The normalized spacial score (nSPS) is 11.0. The number of hydrogen-bond donors (Lipinski definition) is 1. The van der Waals surface area contributed by atoms with Gasteiger partial charge in [0.25, 0.3) is 11.6 Å². The van der Waals surface area contributed by atoms with Gasteiger partial charge in [-0.25, -0.2) is 0 Å². The van der Waals surface area contributed by atoms with Crippen molar-refractivity contribution in [1.29, 1.82) is 0 Å². The standard InChI is InChI=1S/C22H16ClN5O4/c23-18-8-2-1-6-16(18)14-24-22-25-21(19-9-4-12-32-19)26-27(22)20(29)11-10-15-5-3-7-17(13-15)28(30)31/h1-13H,14H2,(H,24,25,26). The molecule has 1 N–H and O–H groups in total. The van der Waals surface area contributed by atoms with Crippen LogP contribution in [-0.4, -0.2) is 25.6 Å². The molecule has 32 heavy (non-hydrogen) atoms. The Labute approximate surface area is 187 Å². The number of carbonyl (C=O) groups excluding carboxylic acids is 1. The van der Waals surface area contributed by atoms with E-state index in [1.807, 2.05) is 18.2 Å². The van der Waals surface area contributed by atoms with E-state index in [4.69, 9.17) is 16.0 Å². The lowest BCUT2D eigenvalue weighted by atomic mass is 10.2. The predicted molar refractivity (Wildman–Crippen MR) is 119 cm³/mol. The molecule has 0 aliphatic heterocycles. The van der Waals surface area contributed by atoms with Crippen LogP contribution in [0.5, 0.6) is 0 Å². The third-order valence-electron chi connectivity index (χ3n) is 4.45. The van der Waals surface area contributed by atoms with Gasteiger partial charge in [-0.3, -0.25) is 14.9 Å². The quantitative estimate of drug-likeness (QED) is 0.238. The fourth-order valence-corrected chi connectivity index (χ4v) is 3.09. The zero-order valence-corrected chi connectivity index (χ0v) is 17.3. The van der Waals surface area contributed by atoms with Gasteiger partial charge in [0, 0.05) is 29.8 Å². The topological polar surface area (TPSA) is 116 Å². The maximum Gasteiger partial charge on any atom is 0.274 e. The van der Waals surface area contributed by atoms with Crippen molar-refractivity contribution in [2.45, 2.75) is 6.54 Å². The van der Waals surface area contributed by atoms with Crippen LogP contribution >= 0.6 is 11.6 Å². The van der Waals surface area contributed by atoms with Crippen LogP contribution in [0.4, 0.5) is 11.6 Å². The number of allylic oxidation sites excluding steroid dienone is 1. The first kappa shape index (κ1) is 21.0. The van der Waals surface area contributed by atoms with Crippen LogP contribution in [0.2, 0.25) is 5.02 Å². The number of nitrogens with zero attached hydrogens (tertiary/aromatic N) is 4. The third kappa shape index (κ3) is 4.73. The molecule has 9 nitrogen and oxygen atoms in total. The van der Waals surface area contributed by atoms with E-state index in [9.17, 15) is 14.9 Å². The number of furan rings is 1. The molecule has 0 saturated carbocycles. The highest BCUT2D eigenvalue weighted by molar-refractivity contribution is 6.31. The minimum absolute atomic E-state index is 0.0671. The van der Waals surface area contributed by atoms with E-state index in [0.717, 1.165) is 10.2 Å². The Balaban J connectivity index is 1.61. The minimum Gasteiger partial charge on any atom is -0.461 e. The molecule has 4 aromatic rings. The summed E-state index contributed by atoms with van der Waals surface area (Å²) >= 11 is 6.21. The molecular weight excluding hydrogens is 434 g/mol. The summed E-state index contributed by atoms with van der Waals surface area (Å²) in [6, 6.07) is 16.6. The molecule has 0 amide bonds. The number of halogens is 1. The van der Waals surface area contributed by atoms with Gasteiger partial charge in [-0.2, -0.15) is 9.67 Å². The first-order valence-corrected chi connectivity index (χ1v) is 9.84. The summed E-state index contributed by atoms with van der Waals surface area (Å²) in [5, 5.41) is 18.9. The predicted octanol–water partition coefficient (Wildman–Crippen LogP) is 5.07. The summed E-state index contributed by atoms with van der Waals surface area (Å²) in [6.07, 6.45) is 4.22. The van der Waals surface area contributed by atoms with Crippen LogP contribution in [0, 0.1) is 10.1 Å². The summed E-state index contributed by atoms with van der Waals surface area (Å²) < 4.78 is 6.43. The summed E-state index contributed by atoms with van der Waals surface area (Å²) in [5.74, 6) is 0.335. The van der Waals surface area contributed by atoms with Crippen molar-refractivity contribution in [1.82, 2.24) is 14.8 Å². The van der Waals surface area contributed by atoms with Gasteiger partial charge in [-0.15, -0.1) is 5.10 Å². The molecule has 4 rings (SSSR count). The Bertz CT molecular complexity index is 1300. The van der Waals surface area contributed by atoms with Gasteiger partial charge in [0.2, 0.25) is 11.8 Å². The van der Waals surface area contributed by atoms with Gasteiger partial charge in [0.15, 0.2) is 5.76 Å². The van der Waals surface area contributed by atoms with E-state index in [0.29, 0.717) is 22.9 Å². The molecule has 0 aliphatic rings. The minimum atomic E-state index is -0.497. The number of rotatable bonds is 7. The lowest BCUT2D eigenvalue weighted by Gasteiger charge is -2.07. The average molecular weight is 450 g/mol. The number of hydrogen-bond acceptors (Lipinski definition) is 7. The zero-order valence-electron chi connectivity index (χ0n) is 16.5. The molecule has 2 heterocycles. The lowest BCUT2D eigenvalue weighted by molar-refractivity contribution is -0.384. The summed E-state index contributed by atoms with van der Waals surface area (Å²) in [5.41, 5.74) is 1.26. The molecule has 0 atom stereocenters. The maximum atomic E-state index is 12.9. The van der Waals surface area contributed by atoms with E-state index in [2.05, 4.69) is 15.4 Å². The van der Waals surface area contributed by atoms with Crippen molar-refractivity contribution in [3.05, 3.63) is 99.3 Å². The number of nitro benzene ring substituents is 1. The molecule has 10 heteroatoms. The largest absolute Gasteiger partial charge is 0.461 e. The van der Waals surface area contributed by atoms with Gasteiger partial charge in [-0.1, -0.05) is 41.9 Å². The number of nitro groups is 1. The van der Waals surface area contributed by atoms with E-state index in [-0.39, 0.29) is 17.5 Å². The summed E-state index contributed by atoms with van der Waals surface area (Å²) in [6.45, 7) is 0.317. The zero-order chi connectivity index (χ0) is 22.5. The highest BCUT2D eigenvalue weighted by Gasteiger charge is 2.17. The SMILES string of the molecule is O=C(C=Cc1cccc([N+](=O)[O-])c1)n1nc(-c2ccco2)nc1NCc1ccccc1Cl. The van der Waals surface area contributed by atoms with E-state index in [1.165, 1.54) is 30.5 Å². The van der Waals surface area contributed by atoms with Gasteiger partial charge >= 0.3 is 0 Å². The number of benzene rings is 2. The van der Waals surface area contributed by atoms with E-state index < -0.39 is 10.8 Å². The van der Waals surface area contributed by atoms with Crippen molar-refractivity contribution in [3.8, 4) is 11.6 Å². The van der Waals surface area contributed by atoms with Crippen LogP contribution in [0.1, 0.15) is 15.9 Å². The Morgan fingerprint density at radius 3 is 2.78 bits per heavy atom. The lowest BCUT2D eigenvalue weighted by Crippen LogP contribution is -2.14. The molecule has 2 aromatic heterocycles. The second-order valence-corrected chi connectivity index (χ2v) is 7.02. The van der Waals surface area contributed by atoms with E-state index >= 15 is 0 Å². The Kier molecular flexibility index (Phi) is 6.09. The molecule has 0 radical (unpaired) electrons. The average Bonchev–Trinajstić information content (AvgIpc) is 3.47. The van der Waals surface area contributed by atoms with Gasteiger partial charge in [0.05, 0.1) is 11.2 Å². The molecular formula is C22H16ClN5O4. The number of nitrogens with one attached hydrogen (secondary N) is 1. The Hall–Kier alpha value is -4.24. The first-order chi connectivity index (χ1) is 15.5. The van der Waals surface area contributed by atoms with Crippen LogP contribution < -0.4 is 5.32 Å². The van der Waals surface area contributed by atoms with Gasteiger partial charge in [-0.05, 0) is 35.4 Å². The van der Waals surface area contributed by atoms with Crippen molar-refractivity contribution in [2.75, 3.05) is 5.32 Å². The van der Waals surface area contributed by atoms with Gasteiger partial charge < -0.3 is 9.73 Å². The number of anilines is 1. The van der Waals surface area contributed by atoms with Crippen molar-refractivity contribution in [2.24, 2.45) is 0 Å². The van der Waals surface area contributed by atoms with Crippen molar-refractivity contribution < 1.29 is 14.1 Å². The molecule has 0 bridgehead atoms. The third-order valence-corrected chi connectivity index (χ3v) is 4.82. The molecule has 0 saturated heterocycles. The molecule has 0 aliphatic carbocycles. The Morgan fingerprint density at radius 1 is 1.19 bits per heavy atom. The second kappa shape index (κ2) is 9.27. The van der Waals surface area contributed by atoms with Crippen LogP contribution in [0.25, 0.3) is 17.7 Å². The molecule has 0 spiro atoms. The molecule has 2 aromatic carbocycles. The summed E-state index contributed by atoms with van der Waals surface area (Å²) in [7, 11) is 0. The Morgan fingerprint density at radius 2 is 2.03 bits per heavy atom. The van der Waals surface area contributed by atoms with Crippen LogP contribution in [0.15, 0.2) is 77.4 Å². The second-order valence-electron chi connectivity index (χ2n) is 6.62. The molecule has 160 valence electrons. The highest BCUT2D eigenvalue weighted by Crippen LogP contribution is 2.21. The summed E-state index contributed by atoms with van der Waals surface area (Å²) in [4.78, 5) is 27.7. The number of aromatic nitrogens is 3. The first-order valence-electron chi connectivity index (χ1n) is 9.46. The smallest absolute Gasteiger partial charge is 0.274 e. The molecule has 0 fully saturated rings.